The van der Waals surface area contributed by atoms with Crippen molar-refractivity contribution in [3.05, 3.63) is 63.1 Å². The molecular formula is C16H14BrClN2O. The number of amides is 1. The highest BCUT2D eigenvalue weighted by Crippen LogP contribution is 2.37. The molecule has 108 valence electrons. The van der Waals surface area contributed by atoms with Gasteiger partial charge in [0.05, 0.1) is 0 Å². The summed E-state index contributed by atoms with van der Waals surface area (Å²) in [5, 5.41) is 6.96. The van der Waals surface area contributed by atoms with Gasteiger partial charge in [-0.15, -0.1) is 0 Å². The van der Waals surface area contributed by atoms with Crippen molar-refractivity contribution in [3.63, 3.8) is 0 Å². The van der Waals surface area contributed by atoms with Gasteiger partial charge in [0, 0.05) is 26.8 Å². The molecule has 0 fully saturated rings. The van der Waals surface area contributed by atoms with Crippen molar-refractivity contribution < 1.29 is 4.79 Å². The van der Waals surface area contributed by atoms with Gasteiger partial charge in [-0.3, -0.25) is 10.1 Å². The van der Waals surface area contributed by atoms with E-state index in [1.807, 2.05) is 49.4 Å². The molecule has 1 aliphatic heterocycles. The highest BCUT2D eigenvalue weighted by atomic mass is 79.9. The minimum absolute atomic E-state index is 0.0116. The van der Waals surface area contributed by atoms with Crippen LogP contribution in [0.5, 0.6) is 0 Å². The molecule has 5 heteroatoms. The summed E-state index contributed by atoms with van der Waals surface area (Å²) in [6.45, 7) is 2.02. The van der Waals surface area contributed by atoms with Gasteiger partial charge in [-0.25, -0.2) is 0 Å². The Morgan fingerprint density at radius 1 is 1.29 bits per heavy atom. The third-order valence-corrected chi connectivity index (χ3v) is 4.55. The van der Waals surface area contributed by atoms with Crippen molar-refractivity contribution in [3.8, 4) is 0 Å². The average Bonchev–Trinajstić information content (AvgIpc) is 2.76. The van der Waals surface area contributed by atoms with E-state index in [1.165, 1.54) is 0 Å². The van der Waals surface area contributed by atoms with Crippen molar-refractivity contribution in [2.75, 3.05) is 5.32 Å². The van der Waals surface area contributed by atoms with Gasteiger partial charge in [0.15, 0.2) is 0 Å². The highest BCUT2D eigenvalue weighted by molar-refractivity contribution is 9.10. The molecule has 0 spiro atoms. The molecule has 2 atom stereocenters. The average molecular weight is 366 g/mol. The lowest BCUT2D eigenvalue weighted by Crippen LogP contribution is -2.30. The first-order chi connectivity index (χ1) is 10.1. The Morgan fingerprint density at radius 3 is 2.81 bits per heavy atom. The van der Waals surface area contributed by atoms with Crippen molar-refractivity contribution in [1.29, 1.82) is 0 Å². The number of benzene rings is 2. The van der Waals surface area contributed by atoms with Crippen molar-refractivity contribution in [2.45, 2.75) is 19.0 Å². The quantitative estimate of drug-likeness (QED) is 0.844. The van der Waals surface area contributed by atoms with E-state index in [-0.39, 0.29) is 18.0 Å². The highest BCUT2D eigenvalue weighted by Gasteiger charge is 2.33. The second-order valence-electron chi connectivity index (χ2n) is 5.07. The lowest BCUT2D eigenvalue weighted by atomic mass is 10.0. The zero-order valence-electron chi connectivity index (χ0n) is 11.4. The summed E-state index contributed by atoms with van der Waals surface area (Å²) in [6.07, 6.45) is 0. The maximum Gasteiger partial charge on any atom is 0.246 e. The number of rotatable bonds is 3. The van der Waals surface area contributed by atoms with Crippen LogP contribution in [0.15, 0.2) is 46.9 Å². The van der Waals surface area contributed by atoms with Crippen molar-refractivity contribution >= 4 is 39.1 Å². The summed E-state index contributed by atoms with van der Waals surface area (Å²) in [5.74, 6) is -0.0363. The van der Waals surface area contributed by atoms with Gasteiger partial charge in [-0.1, -0.05) is 45.7 Å². The maximum absolute atomic E-state index is 12.2. The molecule has 2 N–H and O–H groups in total. The van der Waals surface area contributed by atoms with E-state index >= 15 is 0 Å². The Balaban J connectivity index is 1.87. The minimum Gasteiger partial charge on any atom is -0.324 e. The second-order valence-corrected chi connectivity index (χ2v) is 6.36. The molecule has 0 saturated carbocycles. The third kappa shape index (κ3) is 2.84. The minimum atomic E-state index is -0.371. The van der Waals surface area contributed by atoms with Gasteiger partial charge in [0.1, 0.15) is 6.04 Å². The molecule has 2 aromatic rings. The molecule has 0 radical (unpaired) electrons. The first-order valence-corrected chi connectivity index (χ1v) is 7.84. The number of halogens is 2. The number of anilines is 1. The van der Waals surface area contributed by atoms with Gasteiger partial charge in [0.2, 0.25) is 5.91 Å². The monoisotopic (exact) mass is 364 g/mol. The molecule has 2 aromatic carbocycles. The summed E-state index contributed by atoms with van der Waals surface area (Å²) < 4.78 is 0.925. The summed E-state index contributed by atoms with van der Waals surface area (Å²) in [6, 6.07) is 13.1. The van der Waals surface area contributed by atoms with Gasteiger partial charge >= 0.3 is 0 Å². The smallest absolute Gasteiger partial charge is 0.246 e. The fourth-order valence-corrected chi connectivity index (χ4v) is 3.35. The van der Waals surface area contributed by atoms with Crippen LogP contribution in [0.3, 0.4) is 0 Å². The fraction of sp³-hybridized carbons (Fsp3) is 0.188. The SMILES string of the molecule is CC(NC1C(=O)Nc2cccc(Br)c21)c1cccc(Cl)c1. The van der Waals surface area contributed by atoms with Crippen LogP contribution in [0.1, 0.15) is 30.1 Å². The topological polar surface area (TPSA) is 41.1 Å². The fourth-order valence-electron chi connectivity index (χ4n) is 2.56. The van der Waals surface area contributed by atoms with E-state index in [2.05, 4.69) is 26.6 Å². The molecular weight excluding hydrogens is 352 g/mol. The number of fused-ring (bicyclic) bond motifs is 1. The molecule has 2 unspecified atom stereocenters. The number of hydrogen-bond donors (Lipinski definition) is 2. The van der Waals surface area contributed by atoms with Crippen molar-refractivity contribution in [1.82, 2.24) is 5.32 Å². The Bertz CT molecular complexity index is 704. The number of nitrogens with one attached hydrogen (secondary N) is 2. The van der Waals surface area contributed by atoms with Gasteiger partial charge in [0.25, 0.3) is 0 Å². The molecule has 1 aliphatic rings. The molecule has 0 aromatic heterocycles. The van der Waals surface area contributed by atoms with Gasteiger partial charge in [-0.2, -0.15) is 0 Å². The van der Waals surface area contributed by atoms with Crippen LogP contribution in [-0.4, -0.2) is 5.91 Å². The Labute approximate surface area is 136 Å². The van der Waals surface area contributed by atoms with E-state index in [0.717, 1.165) is 21.3 Å². The van der Waals surface area contributed by atoms with Crippen LogP contribution < -0.4 is 10.6 Å². The lowest BCUT2D eigenvalue weighted by molar-refractivity contribution is -0.117. The molecule has 0 aliphatic carbocycles. The van der Waals surface area contributed by atoms with E-state index in [4.69, 9.17) is 11.6 Å². The summed E-state index contributed by atoms with van der Waals surface area (Å²) in [7, 11) is 0. The van der Waals surface area contributed by atoms with E-state index in [0.29, 0.717) is 5.02 Å². The molecule has 21 heavy (non-hydrogen) atoms. The second kappa shape index (κ2) is 5.79. The predicted molar refractivity (Wildman–Crippen MR) is 88.5 cm³/mol. The number of carbonyl (C=O) groups is 1. The Morgan fingerprint density at radius 2 is 2.05 bits per heavy atom. The summed E-state index contributed by atoms with van der Waals surface area (Å²) in [4.78, 5) is 12.2. The normalized spacial score (nSPS) is 18.2. The van der Waals surface area contributed by atoms with Gasteiger partial charge < -0.3 is 5.32 Å². The van der Waals surface area contributed by atoms with Crippen LogP contribution >= 0.6 is 27.5 Å². The van der Waals surface area contributed by atoms with E-state index in [9.17, 15) is 4.79 Å². The molecule has 3 rings (SSSR count). The predicted octanol–water partition coefficient (Wildman–Crippen LogP) is 4.45. The summed E-state index contributed by atoms with van der Waals surface area (Å²) >= 11 is 9.55. The lowest BCUT2D eigenvalue weighted by Gasteiger charge is -2.19. The van der Waals surface area contributed by atoms with E-state index in [1.54, 1.807) is 0 Å². The molecule has 1 amide bonds. The molecule has 0 bridgehead atoms. The van der Waals surface area contributed by atoms with Crippen LogP contribution in [-0.2, 0) is 4.79 Å². The van der Waals surface area contributed by atoms with Gasteiger partial charge in [-0.05, 0) is 36.8 Å². The number of hydrogen-bond acceptors (Lipinski definition) is 2. The largest absolute Gasteiger partial charge is 0.324 e. The number of carbonyl (C=O) groups excluding carboxylic acids is 1. The maximum atomic E-state index is 12.2. The third-order valence-electron chi connectivity index (χ3n) is 3.63. The van der Waals surface area contributed by atoms with Crippen LogP contribution in [0.4, 0.5) is 5.69 Å². The molecule has 0 saturated heterocycles. The van der Waals surface area contributed by atoms with Crippen LogP contribution in [0.2, 0.25) is 5.02 Å². The van der Waals surface area contributed by atoms with Crippen LogP contribution in [0, 0.1) is 0 Å². The molecule has 3 nitrogen and oxygen atoms in total. The first-order valence-electron chi connectivity index (χ1n) is 6.67. The standard InChI is InChI=1S/C16H14BrClN2O/c1-9(10-4-2-5-11(18)8-10)19-15-14-12(17)6-3-7-13(14)20-16(15)21/h2-9,15,19H,1H3,(H,20,21). The summed E-state index contributed by atoms with van der Waals surface area (Å²) in [5.41, 5.74) is 2.86. The van der Waals surface area contributed by atoms with E-state index < -0.39 is 0 Å². The van der Waals surface area contributed by atoms with Crippen LogP contribution in [0.25, 0.3) is 0 Å². The molecule has 1 heterocycles. The Hall–Kier alpha value is -1.36. The van der Waals surface area contributed by atoms with Crippen molar-refractivity contribution in [2.24, 2.45) is 0 Å². The Kier molecular flexibility index (Phi) is 4.02. The zero-order valence-corrected chi connectivity index (χ0v) is 13.7. The first kappa shape index (κ1) is 14.6. The zero-order chi connectivity index (χ0) is 15.0.